The molecule has 10 aromatic rings. The lowest BCUT2D eigenvalue weighted by Crippen LogP contribution is -1.92. The molecule has 0 bridgehead atoms. The molecule has 0 saturated heterocycles. The maximum atomic E-state index is 6.46. The molecule has 0 saturated carbocycles. The maximum Gasteiger partial charge on any atom is 0.143 e. The van der Waals surface area contributed by atoms with E-state index < -0.39 is 0 Å². The molecule has 47 heavy (non-hydrogen) atoms. The number of furan rings is 1. The van der Waals surface area contributed by atoms with Crippen LogP contribution in [0.5, 0.6) is 0 Å². The average Bonchev–Trinajstić information content (AvgIpc) is 3.52. The lowest BCUT2D eigenvalue weighted by atomic mass is 9.84. The van der Waals surface area contributed by atoms with Gasteiger partial charge in [-0.05, 0) is 101 Å². The van der Waals surface area contributed by atoms with E-state index in [2.05, 4.69) is 170 Å². The standard InChI is InChI=1S/C46H28O/c1-2-13-30(14-3-1)44-36-18-8-10-20-38(36)45(39-21-11-9-19-37(39)44)42-28-33(26-32-15-5-6-16-34(32)42)31-23-25-43-41(27-31)40-24-22-29-12-4-7-17-35(29)46(40)47-43/h1-28H. The molecule has 1 aromatic heterocycles. The summed E-state index contributed by atoms with van der Waals surface area (Å²) in [6.45, 7) is 0. The lowest BCUT2D eigenvalue weighted by molar-refractivity contribution is 0.672. The van der Waals surface area contributed by atoms with Gasteiger partial charge in [0.15, 0.2) is 0 Å². The monoisotopic (exact) mass is 596 g/mol. The van der Waals surface area contributed by atoms with Crippen molar-refractivity contribution < 1.29 is 4.42 Å². The highest BCUT2D eigenvalue weighted by Crippen LogP contribution is 2.46. The van der Waals surface area contributed by atoms with Gasteiger partial charge in [-0.2, -0.15) is 0 Å². The Balaban J connectivity index is 1.27. The molecular weight excluding hydrogens is 569 g/mol. The van der Waals surface area contributed by atoms with Crippen molar-refractivity contribution in [2.75, 3.05) is 0 Å². The second-order valence-corrected chi connectivity index (χ2v) is 12.4. The van der Waals surface area contributed by atoms with Gasteiger partial charge in [0.2, 0.25) is 0 Å². The normalized spacial score (nSPS) is 11.8. The summed E-state index contributed by atoms with van der Waals surface area (Å²) in [5.41, 5.74) is 9.26. The van der Waals surface area contributed by atoms with Crippen LogP contribution >= 0.6 is 0 Å². The van der Waals surface area contributed by atoms with E-state index in [4.69, 9.17) is 4.42 Å². The van der Waals surface area contributed by atoms with Crippen molar-refractivity contribution in [3.05, 3.63) is 170 Å². The Kier molecular flexibility index (Phi) is 5.64. The van der Waals surface area contributed by atoms with Crippen LogP contribution < -0.4 is 0 Å². The van der Waals surface area contributed by atoms with E-state index in [9.17, 15) is 0 Å². The number of hydrogen-bond donors (Lipinski definition) is 0. The lowest BCUT2D eigenvalue weighted by Gasteiger charge is -2.19. The fourth-order valence-corrected chi connectivity index (χ4v) is 7.70. The molecule has 0 aliphatic carbocycles. The molecule has 0 aliphatic heterocycles. The Morgan fingerprint density at radius 1 is 0.298 bits per heavy atom. The average molecular weight is 597 g/mol. The molecule has 9 aromatic carbocycles. The Hall–Kier alpha value is -6.18. The highest BCUT2D eigenvalue weighted by Gasteiger charge is 2.19. The molecule has 0 N–H and O–H groups in total. The minimum Gasteiger partial charge on any atom is -0.455 e. The van der Waals surface area contributed by atoms with E-state index in [1.54, 1.807) is 0 Å². The first kappa shape index (κ1) is 26.1. The molecule has 0 unspecified atom stereocenters. The van der Waals surface area contributed by atoms with Crippen LogP contribution in [0.25, 0.3) is 98.4 Å². The molecule has 0 atom stereocenters. The number of benzene rings is 9. The van der Waals surface area contributed by atoms with Crippen molar-refractivity contribution in [2.45, 2.75) is 0 Å². The van der Waals surface area contributed by atoms with Crippen LogP contribution in [0.2, 0.25) is 0 Å². The van der Waals surface area contributed by atoms with Crippen molar-refractivity contribution in [1.82, 2.24) is 0 Å². The SMILES string of the molecule is c1ccc(-c2c3ccccc3c(-c3cc(-c4ccc5oc6c7ccccc7ccc6c5c4)cc4ccccc34)c3ccccc23)cc1. The van der Waals surface area contributed by atoms with E-state index in [-0.39, 0.29) is 0 Å². The maximum absolute atomic E-state index is 6.46. The largest absolute Gasteiger partial charge is 0.455 e. The van der Waals surface area contributed by atoms with Gasteiger partial charge in [-0.25, -0.2) is 0 Å². The van der Waals surface area contributed by atoms with Crippen LogP contribution in [-0.4, -0.2) is 0 Å². The Morgan fingerprint density at radius 2 is 0.894 bits per heavy atom. The van der Waals surface area contributed by atoms with Crippen LogP contribution in [-0.2, 0) is 0 Å². The van der Waals surface area contributed by atoms with Crippen LogP contribution in [0, 0.1) is 0 Å². The molecule has 1 nitrogen and oxygen atoms in total. The third kappa shape index (κ3) is 3.97. The van der Waals surface area contributed by atoms with Crippen molar-refractivity contribution in [2.24, 2.45) is 0 Å². The third-order valence-electron chi connectivity index (χ3n) is 9.82. The molecule has 0 aliphatic rings. The van der Waals surface area contributed by atoms with E-state index in [1.165, 1.54) is 71.1 Å². The first-order valence-corrected chi connectivity index (χ1v) is 16.2. The zero-order valence-electron chi connectivity index (χ0n) is 25.6. The van der Waals surface area contributed by atoms with Crippen molar-refractivity contribution in [1.29, 1.82) is 0 Å². The fraction of sp³-hybridized carbons (Fsp3) is 0. The number of hydrogen-bond acceptors (Lipinski definition) is 1. The molecule has 10 rings (SSSR count). The van der Waals surface area contributed by atoms with Gasteiger partial charge in [0.1, 0.15) is 11.2 Å². The minimum absolute atomic E-state index is 0.912. The first-order valence-electron chi connectivity index (χ1n) is 16.2. The van der Waals surface area contributed by atoms with Gasteiger partial charge in [0.05, 0.1) is 0 Å². The molecular formula is C46H28O. The molecule has 218 valence electrons. The fourth-order valence-electron chi connectivity index (χ4n) is 7.70. The van der Waals surface area contributed by atoms with Crippen LogP contribution in [0.3, 0.4) is 0 Å². The highest BCUT2D eigenvalue weighted by atomic mass is 16.3. The third-order valence-corrected chi connectivity index (χ3v) is 9.82. The quantitative estimate of drug-likeness (QED) is 0.185. The topological polar surface area (TPSA) is 13.1 Å². The van der Waals surface area contributed by atoms with Gasteiger partial charge in [-0.3, -0.25) is 0 Å². The Labute approximate surface area is 271 Å². The summed E-state index contributed by atoms with van der Waals surface area (Å²) < 4.78 is 6.46. The number of rotatable bonds is 3. The zero-order valence-corrected chi connectivity index (χ0v) is 25.6. The molecule has 1 heteroatoms. The van der Waals surface area contributed by atoms with Crippen LogP contribution in [0.1, 0.15) is 0 Å². The van der Waals surface area contributed by atoms with E-state index in [0.29, 0.717) is 0 Å². The molecule has 1 heterocycles. The van der Waals surface area contributed by atoms with Gasteiger partial charge < -0.3 is 4.42 Å². The van der Waals surface area contributed by atoms with Crippen molar-refractivity contribution in [3.8, 4) is 33.4 Å². The van der Waals surface area contributed by atoms with E-state index in [0.717, 1.165) is 27.3 Å². The second-order valence-electron chi connectivity index (χ2n) is 12.4. The molecule has 0 spiro atoms. The summed E-state index contributed by atoms with van der Waals surface area (Å²) >= 11 is 0. The van der Waals surface area contributed by atoms with Crippen molar-refractivity contribution >= 4 is 65.0 Å². The smallest absolute Gasteiger partial charge is 0.143 e. The Bertz CT molecular complexity index is 2780. The molecule has 0 radical (unpaired) electrons. The highest BCUT2D eigenvalue weighted by molar-refractivity contribution is 6.24. The van der Waals surface area contributed by atoms with Crippen LogP contribution in [0.15, 0.2) is 174 Å². The summed E-state index contributed by atoms with van der Waals surface area (Å²) in [6, 6.07) is 61.6. The van der Waals surface area contributed by atoms with Gasteiger partial charge in [0, 0.05) is 16.2 Å². The summed E-state index contributed by atoms with van der Waals surface area (Å²) in [5, 5.41) is 12.1. The van der Waals surface area contributed by atoms with Crippen molar-refractivity contribution in [3.63, 3.8) is 0 Å². The van der Waals surface area contributed by atoms with Gasteiger partial charge in [0.25, 0.3) is 0 Å². The molecule has 0 fully saturated rings. The van der Waals surface area contributed by atoms with E-state index >= 15 is 0 Å². The van der Waals surface area contributed by atoms with E-state index in [1.807, 2.05) is 0 Å². The summed E-state index contributed by atoms with van der Waals surface area (Å²) in [4.78, 5) is 0. The second kappa shape index (κ2) is 10.2. The predicted octanol–water partition coefficient (Wildman–Crippen LogP) is 13.2. The van der Waals surface area contributed by atoms with Crippen LogP contribution in [0.4, 0.5) is 0 Å². The summed E-state index contributed by atoms with van der Waals surface area (Å²) in [5.74, 6) is 0. The van der Waals surface area contributed by atoms with Gasteiger partial charge in [-0.1, -0.05) is 140 Å². The van der Waals surface area contributed by atoms with Gasteiger partial charge >= 0.3 is 0 Å². The first-order chi connectivity index (χ1) is 23.3. The minimum atomic E-state index is 0.912. The summed E-state index contributed by atoms with van der Waals surface area (Å²) in [7, 11) is 0. The predicted molar refractivity (Wildman–Crippen MR) is 200 cm³/mol. The van der Waals surface area contributed by atoms with Gasteiger partial charge in [-0.15, -0.1) is 0 Å². The zero-order chi connectivity index (χ0) is 30.9. The number of fused-ring (bicyclic) bond motifs is 8. The molecule has 0 amide bonds. The Morgan fingerprint density at radius 3 is 1.62 bits per heavy atom. The summed E-state index contributed by atoms with van der Waals surface area (Å²) in [6.07, 6.45) is 0.